The molecule has 0 aromatic heterocycles. The van der Waals surface area contributed by atoms with Crippen molar-refractivity contribution in [2.45, 2.75) is 24.3 Å². The third-order valence-electron chi connectivity index (χ3n) is 2.90. The van der Waals surface area contributed by atoms with E-state index >= 15 is 0 Å². The summed E-state index contributed by atoms with van der Waals surface area (Å²) in [7, 11) is -3.33. The number of halogens is 1. The smallest absolute Gasteiger partial charge is 0.207 e. The van der Waals surface area contributed by atoms with Gasteiger partial charge in [0.25, 0.3) is 0 Å². The summed E-state index contributed by atoms with van der Waals surface area (Å²) in [5.41, 5.74) is 1.05. The molecular formula is C11H14ClNO2S. The van der Waals surface area contributed by atoms with Gasteiger partial charge in [0.05, 0.1) is 4.90 Å². The van der Waals surface area contributed by atoms with E-state index in [0.29, 0.717) is 17.3 Å². The van der Waals surface area contributed by atoms with Crippen LogP contribution in [0.1, 0.15) is 12.0 Å². The van der Waals surface area contributed by atoms with Gasteiger partial charge < -0.3 is 0 Å². The fourth-order valence-electron chi connectivity index (χ4n) is 1.73. The zero-order valence-electron chi connectivity index (χ0n) is 9.06. The molecule has 0 amide bonds. The Hall–Kier alpha value is -0.580. The van der Waals surface area contributed by atoms with Crippen LogP contribution in [-0.2, 0) is 10.0 Å². The lowest BCUT2D eigenvalue weighted by Crippen LogP contribution is -2.51. The molecule has 1 aliphatic heterocycles. The summed E-state index contributed by atoms with van der Waals surface area (Å²) in [6.45, 7) is 2.51. The highest BCUT2D eigenvalue weighted by Crippen LogP contribution is 2.27. The van der Waals surface area contributed by atoms with Crippen LogP contribution < -0.4 is 0 Å². The minimum atomic E-state index is -3.33. The number of nitrogens with zero attached hydrogens (tertiary/aromatic N) is 1. The molecule has 1 unspecified atom stereocenters. The second kappa shape index (κ2) is 4.35. The SMILES string of the molecule is Cc1ccc(S(=O)(=O)N2CCC2CCl)cc1. The Bertz CT molecular complexity index is 467. The van der Waals surface area contributed by atoms with Crippen molar-refractivity contribution in [2.75, 3.05) is 12.4 Å². The van der Waals surface area contributed by atoms with Crippen LogP contribution in [0.15, 0.2) is 29.2 Å². The average molecular weight is 260 g/mol. The number of benzene rings is 1. The molecular weight excluding hydrogens is 246 g/mol. The summed E-state index contributed by atoms with van der Waals surface area (Å²) in [5.74, 6) is 0.366. The van der Waals surface area contributed by atoms with Gasteiger partial charge in [-0.1, -0.05) is 17.7 Å². The van der Waals surface area contributed by atoms with E-state index in [9.17, 15) is 8.42 Å². The van der Waals surface area contributed by atoms with Crippen molar-refractivity contribution in [3.05, 3.63) is 29.8 Å². The zero-order valence-corrected chi connectivity index (χ0v) is 10.6. The highest BCUT2D eigenvalue weighted by Gasteiger charge is 2.37. The minimum Gasteiger partial charge on any atom is -0.207 e. The highest BCUT2D eigenvalue weighted by molar-refractivity contribution is 7.89. The number of aryl methyl sites for hydroxylation is 1. The number of rotatable bonds is 3. The van der Waals surface area contributed by atoms with Gasteiger partial charge in [0.2, 0.25) is 10.0 Å². The first-order valence-electron chi connectivity index (χ1n) is 5.20. The molecule has 0 spiro atoms. The van der Waals surface area contributed by atoms with Crippen LogP contribution in [0.25, 0.3) is 0 Å². The van der Waals surface area contributed by atoms with E-state index in [1.54, 1.807) is 12.1 Å². The van der Waals surface area contributed by atoms with Gasteiger partial charge in [-0.2, -0.15) is 4.31 Å². The molecule has 1 saturated heterocycles. The van der Waals surface area contributed by atoms with Gasteiger partial charge >= 0.3 is 0 Å². The van der Waals surface area contributed by atoms with Crippen LogP contribution in [0.5, 0.6) is 0 Å². The predicted molar refractivity (Wildman–Crippen MR) is 64.2 cm³/mol. The molecule has 1 fully saturated rings. The maximum Gasteiger partial charge on any atom is 0.243 e. The van der Waals surface area contributed by atoms with Crippen molar-refractivity contribution in [1.29, 1.82) is 0 Å². The number of sulfonamides is 1. The third-order valence-corrected chi connectivity index (χ3v) is 5.22. The van der Waals surface area contributed by atoms with Crippen LogP contribution in [0, 0.1) is 6.92 Å². The van der Waals surface area contributed by atoms with Gasteiger partial charge in [-0.15, -0.1) is 11.6 Å². The maximum absolute atomic E-state index is 12.2. The Morgan fingerprint density at radius 2 is 2.00 bits per heavy atom. The molecule has 3 nitrogen and oxygen atoms in total. The van der Waals surface area contributed by atoms with Gasteiger partial charge in [-0.25, -0.2) is 8.42 Å². The Balaban J connectivity index is 2.29. The molecule has 16 heavy (non-hydrogen) atoms. The summed E-state index contributed by atoms with van der Waals surface area (Å²) in [5, 5.41) is 0. The third kappa shape index (κ3) is 1.97. The van der Waals surface area contributed by atoms with Gasteiger partial charge in [0.1, 0.15) is 0 Å². The molecule has 0 N–H and O–H groups in total. The normalized spacial score (nSPS) is 21.8. The number of hydrogen-bond donors (Lipinski definition) is 0. The molecule has 1 atom stereocenters. The Morgan fingerprint density at radius 3 is 2.44 bits per heavy atom. The largest absolute Gasteiger partial charge is 0.243 e. The van der Waals surface area contributed by atoms with E-state index in [0.717, 1.165) is 12.0 Å². The Labute approximate surface area is 101 Å². The monoisotopic (exact) mass is 259 g/mol. The van der Waals surface area contributed by atoms with E-state index in [1.165, 1.54) is 4.31 Å². The molecule has 0 radical (unpaired) electrons. The van der Waals surface area contributed by atoms with Crippen molar-refractivity contribution in [1.82, 2.24) is 4.31 Å². The molecule has 2 rings (SSSR count). The zero-order chi connectivity index (χ0) is 11.8. The van der Waals surface area contributed by atoms with Gasteiger partial charge in [0.15, 0.2) is 0 Å². The standard InChI is InChI=1S/C11H14ClNO2S/c1-9-2-4-11(5-3-9)16(14,15)13-7-6-10(13)8-12/h2-5,10H,6-8H2,1H3. The molecule has 5 heteroatoms. The summed E-state index contributed by atoms with van der Waals surface area (Å²) in [6.07, 6.45) is 0.856. The lowest BCUT2D eigenvalue weighted by molar-refractivity contribution is 0.220. The van der Waals surface area contributed by atoms with Crippen molar-refractivity contribution in [3.63, 3.8) is 0 Å². The fourth-order valence-corrected chi connectivity index (χ4v) is 3.81. The summed E-state index contributed by atoms with van der Waals surface area (Å²) < 4.78 is 25.8. The van der Waals surface area contributed by atoms with Crippen molar-refractivity contribution in [2.24, 2.45) is 0 Å². The predicted octanol–water partition coefficient (Wildman–Crippen LogP) is 2.00. The lowest BCUT2D eigenvalue weighted by atomic mass is 10.1. The van der Waals surface area contributed by atoms with E-state index in [4.69, 9.17) is 11.6 Å². The lowest BCUT2D eigenvalue weighted by Gasteiger charge is -2.38. The molecule has 1 aromatic rings. The molecule has 1 heterocycles. The number of hydrogen-bond acceptors (Lipinski definition) is 2. The van der Waals surface area contributed by atoms with Crippen LogP contribution >= 0.6 is 11.6 Å². The van der Waals surface area contributed by atoms with Crippen LogP contribution in [0.3, 0.4) is 0 Å². The summed E-state index contributed by atoms with van der Waals surface area (Å²) in [6, 6.07) is 6.88. The number of alkyl halides is 1. The summed E-state index contributed by atoms with van der Waals surface area (Å²) in [4.78, 5) is 0.355. The van der Waals surface area contributed by atoms with Gasteiger partial charge in [0, 0.05) is 18.5 Å². The fraction of sp³-hybridized carbons (Fsp3) is 0.455. The quantitative estimate of drug-likeness (QED) is 0.779. The second-order valence-electron chi connectivity index (χ2n) is 4.03. The molecule has 1 aromatic carbocycles. The molecule has 0 bridgehead atoms. The summed E-state index contributed by atoms with van der Waals surface area (Å²) >= 11 is 5.71. The molecule has 1 aliphatic rings. The topological polar surface area (TPSA) is 37.4 Å². The highest BCUT2D eigenvalue weighted by atomic mass is 35.5. The first-order chi connectivity index (χ1) is 7.55. The first kappa shape index (κ1) is 11.9. The first-order valence-corrected chi connectivity index (χ1v) is 7.17. The van der Waals surface area contributed by atoms with E-state index in [-0.39, 0.29) is 6.04 Å². The Morgan fingerprint density at radius 1 is 1.38 bits per heavy atom. The van der Waals surface area contributed by atoms with Crippen LogP contribution in [0.2, 0.25) is 0 Å². The molecule has 0 saturated carbocycles. The van der Waals surface area contributed by atoms with E-state index in [2.05, 4.69) is 0 Å². The van der Waals surface area contributed by atoms with Crippen molar-refractivity contribution >= 4 is 21.6 Å². The van der Waals surface area contributed by atoms with Crippen LogP contribution in [0.4, 0.5) is 0 Å². The van der Waals surface area contributed by atoms with E-state index in [1.807, 2.05) is 19.1 Å². The average Bonchev–Trinajstić information content (AvgIpc) is 2.16. The van der Waals surface area contributed by atoms with Gasteiger partial charge in [-0.3, -0.25) is 0 Å². The van der Waals surface area contributed by atoms with Crippen LogP contribution in [-0.4, -0.2) is 31.2 Å². The molecule has 0 aliphatic carbocycles. The van der Waals surface area contributed by atoms with E-state index < -0.39 is 10.0 Å². The van der Waals surface area contributed by atoms with Crippen molar-refractivity contribution < 1.29 is 8.42 Å². The van der Waals surface area contributed by atoms with Gasteiger partial charge in [-0.05, 0) is 25.5 Å². The maximum atomic E-state index is 12.2. The second-order valence-corrected chi connectivity index (χ2v) is 6.22. The molecule has 88 valence electrons. The van der Waals surface area contributed by atoms with Crippen molar-refractivity contribution in [3.8, 4) is 0 Å². The minimum absolute atomic E-state index is 0.0343. The Kier molecular flexibility index (Phi) is 3.24.